The average molecular weight is 710 g/mol. The van der Waals surface area contributed by atoms with Gasteiger partial charge in [0.05, 0.1) is 28.8 Å². The number of allylic oxidation sites excluding steroid dienone is 1. The van der Waals surface area contributed by atoms with Crippen LogP contribution in [-0.2, 0) is 0 Å². The van der Waals surface area contributed by atoms with Gasteiger partial charge < -0.3 is 24.2 Å². The molecule has 0 amide bonds. The first kappa shape index (κ1) is 31.6. The lowest BCUT2D eigenvalue weighted by atomic mass is 9.32. The maximum Gasteiger partial charge on any atom is 0.256 e. The van der Waals surface area contributed by atoms with E-state index in [1.807, 2.05) is 6.07 Å². The molecule has 4 aliphatic rings. The van der Waals surface area contributed by atoms with E-state index in [0.29, 0.717) is 0 Å². The largest absolute Gasteiger partial charge is 0.459 e. The van der Waals surface area contributed by atoms with Crippen LogP contribution in [0.3, 0.4) is 0 Å². The van der Waals surface area contributed by atoms with Gasteiger partial charge in [0, 0.05) is 28.2 Å². The molecule has 2 atom stereocenters. The molecule has 1 aliphatic carbocycles. The molecule has 0 fully saturated rings. The van der Waals surface area contributed by atoms with Crippen molar-refractivity contribution in [1.29, 1.82) is 0 Å². The van der Waals surface area contributed by atoms with Crippen LogP contribution in [0.1, 0.15) is 6.92 Å². The molecule has 0 radical (unpaired) electrons. The summed E-state index contributed by atoms with van der Waals surface area (Å²) >= 11 is 0. The zero-order chi connectivity index (χ0) is 36.5. The number of anilines is 8. The topological polar surface area (TPSA) is 28.2 Å². The number of rotatable bonds is 5. The Labute approximate surface area is 321 Å². The van der Waals surface area contributed by atoms with Gasteiger partial charge in [0.2, 0.25) is 0 Å². The maximum absolute atomic E-state index is 6.78. The summed E-state index contributed by atoms with van der Waals surface area (Å²) < 4.78 is 13.5. The Hall–Kier alpha value is -6.92. The number of nitrogens with zero attached hydrogens (tertiary/aromatic N) is 3. The third kappa shape index (κ3) is 4.95. The molecule has 3 heterocycles. The number of hydrogen-bond acceptors (Lipinski definition) is 5. The van der Waals surface area contributed by atoms with Crippen molar-refractivity contribution in [3.63, 3.8) is 0 Å². The average Bonchev–Trinajstić information content (AvgIpc) is 3.24. The van der Waals surface area contributed by atoms with Gasteiger partial charge in [-0.15, -0.1) is 0 Å². The van der Waals surface area contributed by atoms with Crippen LogP contribution >= 0.6 is 0 Å². The van der Waals surface area contributed by atoms with Gasteiger partial charge in [-0.25, -0.2) is 0 Å². The number of para-hydroxylation sites is 7. The second-order valence-electron chi connectivity index (χ2n) is 14.5. The maximum atomic E-state index is 6.78. The van der Waals surface area contributed by atoms with E-state index in [0.717, 1.165) is 79.4 Å². The second-order valence-corrected chi connectivity index (χ2v) is 14.5. The Bertz CT molecular complexity index is 2570. The molecule has 3 aliphatic heterocycles. The Morgan fingerprint density at radius 3 is 1.64 bits per heavy atom. The number of benzene rings is 7. The minimum Gasteiger partial charge on any atom is -0.459 e. The second kappa shape index (κ2) is 12.6. The number of ether oxygens (including phenoxy) is 2. The molecule has 5 nitrogen and oxygen atoms in total. The van der Waals surface area contributed by atoms with E-state index in [-0.39, 0.29) is 18.7 Å². The van der Waals surface area contributed by atoms with Gasteiger partial charge in [0.15, 0.2) is 0 Å². The normalized spacial score (nSPS) is 17.2. The van der Waals surface area contributed by atoms with Crippen LogP contribution < -0.4 is 35.1 Å². The lowest BCUT2D eigenvalue weighted by Crippen LogP contribution is -2.55. The van der Waals surface area contributed by atoms with Crippen molar-refractivity contribution in [3.05, 3.63) is 199 Å². The van der Waals surface area contributed by atoms with Gasteiger partial charge in [-0.05, 0) is 114 Å². The fourth-order valence-electron chi connectivity index (χ4n) is 9.11. The highest BCUT2D eigenvalue weighted by molar-refractivity contribution is 6.93. The molecule has 0 spiro atoms. The summed E-state index contributed by atoms with van der Waals surface area (Å²) in [6, 6.07) is 62.4. The zero-order valence-corrected chi connectivity index (χ0v) is 30.3. The summed E-state index contributed by atoms with van der Waals surface area (Å²) in [5, 5.41) is 0. The van der Waals surface area contributed by atoms with Gasteiger partial charge in [0.1, 0.15) is 23.0 Å². The quantitative estimate of drug-likeness (QED) is 0.166. The van der Waals surface area contributed by atoms with Crippen molar-refractivity contribution in [2.24, 2.45) is 5.92 Å². The molecule has 7 aromatic carbocycles. The molecule has 55 heavy (non-hydrogen) atoms. The molecule has 6 heteroatoms. The van der Waals surface area contributed by atoms with Crippen molar-refractivity contribution in [2.75, 3.05) is 14.7 Å². The molecule has 0 saturated heterocycles. The van der Waals surface area contributed by atoms with E-state index < -0.39 is 0 Å². The Kier molecular flexibility index (Phi) is 7.24. The molecule has 0 bridgehead atoms. The fraction of sp³-hybridized carbons (Fsp3) is 0.0612. The third-order valence-corrected chi connectivity index (χ3v) is 11.5. The van der Waals surface area contributed by atoms with Gasteiger partial charge in [-0.2, -0.15) is 0 Å². The van der Waals surface area contributed by atoms with Gasteiger partial charge in [-0.1, -0.05) is 97.9 Å². The lowest BCUT2D eigenvalue weighted by molar-refractivity contribution is 0.413. The van der Waals surface area contributed by atoms with E-state index in [9.17, 15) is 0 Å². The Balaban J connectivity index is 1.07. The molecule has 7 aromatic rings. The van der Waals surface area contributed by atoms with Gasteiger partial charge in [-0.3, -0.25) is 0 Å². The van der Waals surface area contributed by atoms with Crippen molar-refractivity contribution in [3.8, 4) is 17.2 Å². The summed E-state index contributed by atoms with van der Waals surface area (Å²) in [7, 11) is 0. The first-order chi connectivity index (χ1) is 27.2. The predicted octanol–water partition coefficient (Wildman–Crippen LogP) is 11.3. The van der Waals surface area contributed by atoms with Crippen LogP contribution in [0.2, 0.25) is 0 Å². The van der Waals surface area contributed by atoms with Crippen LogP contribution in [0.5, 0.6) is 17.2 Å². The summed E-state index contributed by atoms with van der Waals surface area (Å²) in [6.45, 7) is 2.29. The Morgan fingerprint density at radius 2 is 1.04 bits per heavy atom. The monoisotopic (exact) mass is 709 g/mol. The molecule has 11 rings (SSSR count). The van der Waals surface area contributed by atoms with Crippen molar-refractivity contribution < 1.29 is 9.47 Å². The molecular weight excluding hydrogens is 673 g/mol. The van der Waals surface area contributed by atoms with E-state index in [2.05, 4.69) is 204 Å². The smallest absolute Gasteiger partial charge is 0.256 e. The van der Waals surface area contributed by atoms with Crippen molar-refractivity contribution in [2.45, 2.75) is 13.0 Å². The highest BCUT2D eigenvalue weighted by Crippen LogP contribution is 2.54. The summed E-state index contributed by atoms with van der Waals surface area (Å²) in [6.07, 6.45) is 4.51. The molecule has 0 aromatic heterocycles. The molecule has 262 valence electrons. The van der Waals surface area contributed by atoms with Crippen LogP contribution in [-0.4, -0.2) is 12.8 Å². The first-order valence-electron chi connectivity index (χ1n) is 19.0. The summed E-state index contributed by atoms with van der Waals surface area (Å²) in [5.41, 5.74) is 12.5. The first-order valence-corrected chi connectivity index (χ1v) is 19.0. The van der Waals surface area contributed by atoms with Crippen LogP contribution in [0.4, 0.5) is 45.5 Å². The van der Waals surface area contributed by atoms with Crippen molar-refractivity contribution >= 4 is 63.1 Å². The zero-order valence-electron chi connectivity index (χ0n) is 30.3. The minimum atomic E-state index is -0.0643. The molecular formula is C49H36BN3O2. The molecule has 0 saturated carbocycles. The van der Waals surface area contributed by atoms with Crippen LogP contribution in [0, 0.1) is 5.92 Å². The van der Waals surface area contributed by atoms with E-state index >= 15 is 0 Å². The highest BCUT2D eigenvalue weighted by atomic mass is 16.5. The lowest BCUT2D eigenvalue weighted by Gasteiger charge is -2.44. The minimum absolute atomic E-state index is 0.0418. The third-order valence-electron chi connectivity index (χ3n) is 11.5. The van der Waals surface area contributed by atoms with E-state index in [1.54, 1.807) is 0 Å². The van der Waals surface area contributed by atoms with Crippen molar-refractivity contribution in [1.82, 2.24) is 0 Å². The van der Waals surface area contributed by atoms with E-state index in [4.69, 9.17) is 9.47 Å². The SMILES string of the molecule is CC1C2=C(C=CC1N(c1ccccc1)c1ccccc1)Oc1cccc3c1B2c1cc(N2c4ccccc4N(c4ccccc4)c4ccccc42)ccc1O3. The highest BCUT2D eigenvalue weighted by Gasteiger charge is 2.46. The van der Waals surface area contributed by atoms with Gasteiger partial charge >= 0.3 is 0 Å². The number of fused-ring (bicyclic) bond motifs is 5. The van der Waals surface area contributed by atoms with Crippen LogP contribution in [0.15, 0.2) is 199 Å². The van der Waals surface area contributed by atoms with E-state index in [1.165, 1.54) is 5.47 Å². The Morgan fingerprint density at radius 1 is 0.509 bits per heavy atom. The molecule has 0 N–H and O–H groups in total. The number of hydrogen-bond donors (Lipinski definition) is 0. The fourth-order valence-corrected chi connectivity index (χ4v) is 9.11. The summed E-state index contributed by atoms with van der Waals surface area (Å²) in [5.74, 6) is 3.59. The van der Waals surface area contributed by atoms with Gasteiger partial charge in [0.25, 0.3) is 6.71 Å². The molecule has 2 unspecified atom stereocenters. The summed E-state index contributed by atoms with van der Waals surface area (Å²) in [4.78, 5) is 7.23. The predicted molar refractivity (Wildman–Crippen MR) is 226 cm³/mol. The standard InChI is InChI=1S/C49H36BN3O2/c1-33-39(51(34-16-5-2-6-17-34)35-18-7-3-8-19-35)29-31-47-48(33)50-38-32-37(28-30-44(38)54-45-26-15-27-46(55-47)49(45)50)53-42-24-13-11-22-40(42)52(36-20-9-4-10-21-36)41-23-12-14-25-43(41)53/h2-33,39H,1H3. The van der Waals surface area contributed by atoms with Crippen LogP contribution in [0.25, 0.3) is 0 Å².